The Balaban J connectivity index is 1.59. The van der Waals surface area contributed by atoms with E-state index in [0.717, 1.165) is 16.7 Å². The smallest absolute Gasteiger partial charge is 0.276 e. The van der Waals surface area contributed by atoms with Crippen molar-refractivity contribution in [1.82, 2.24) is 16.2 Å². The Hall–Kier alpha value is -3.65. The van der Waals surface area contributed by atoms with Crippen molar-refractivity contribution in [1.29, 1.82) is 0 Å². The number of hydrazine groups is 1. The van der Waals surface area contributed by atoms with Crippen LogP contribution < -0.4 is 20.9 Å². The molecule has 0 fully saturated rings. The number of aryl methyl sites for hydroxylation is 1. The molecule has 3 amide bonds. The molecule has 0 aliphatic carbocycles. The van der Waals surface area contributed by atoms with E-state index in [0.29, 0.717) is 10.6 Å². The molecule has 1 aromatic heterocycles. The van der Waals surface area contributed by atoms with Gasteiger partial charge in [-0.2, -0.15) is 0 Å². The zero-order valence-corrected chi connectivity index (χ0v) is 20.3. The summed E-state index contributed by atoms with van der Waals surface area (Å²) in [6.07, 6.45) is 0.275. The third-order valence-corrected chi connectivity index (χ3v) is 5.99. The normalized spacial score (nSPS) is 11.5. The largest absolute Gasteiger partial charge is 0.483 e. The van der Waals surface area contributed by atoms with Crippen molar-refractivity contribution in [3.63, 3.8) is 0 Å². The standard InChI is InChI=1S/C26H29N3O4S/c1-17(2)20-12-11-18(3)14-22(20)33-16-24(30)28-29-25(31)21(15-19-8-5-4-6-9-19)27-26(32)23-10-7-13-34-23/h4-14,17,21H,15-16H2,1-3H3,(H,27,32)(H,28,30)(H,29,31)/t21-/m0/s1. The first-order valence-corrected chi connectivity index (χ1v) is 11.9. The predicted molar refractivity (Wildman–Crippen MR) is 133 cm³/mol. The van der Waals surface area contributed by atoms with Gasteiger partial charge in [0.05, 0.1) is 4.88 Å². The third kappa shape index (κ3) is 7.18. The molecule has 0 unspecified atom stereocenters. The van der Waals surface area contributed by atoms with Crippen molar-refractivity contribution in [2.75, 3.05) is 6.61 Å². The number of hydrogen-bond donors (Lipinski definition) is 3. The molecule has 3 N–H and O–H groups in total. The Kier molecular flexibility index (Phi) is 8.81. The number of rotatable bonds is 9. The lowest BCUT2D eigenvalue weighted by Gasteiger charge is -2.19. The Morgan fingerprint density at radius 3 is 2.41 bits per heavy atom. The molecule has 7 nitrogen and oxygen atoms in total. The molecule has 0 saturated carbocycles. The SMILES string of the molecule is Cc1ccc(C(C)C)c(OCC(=O)NNC(=O)[C@H](Cc2ccccc2)NC(=O)c2cccs2)c1. The van der Waals surface area contributed by atoms with Crippen LogP contribution in [0, 0.1) is 6.92 Å². The van der Waals surface area contributed by atoms with Crippen LogP contribution >= 0.6 is 11.3 Å². The minimum absolute atomic E-state index is 0.240. The summed E-state index contributed by atoms with van der Waals surface area (Å²) in [7, 11) is 0. The number of carbonyl (C=O) groups is 3. The summed E-state index contributed by atoms with van der Waals surface area (Å²) in [6, 6.07) is 17.8. The number of amides is 3. The first-order valence-electron chi connectivity index (χ1n) is 11.0. The molecule has 34 heavy (non-hydrogen) atoms. The van der Waals surface area contributed by atoms with Crippen molar-refractivity contribution in [2.45, 2.75) is 39.2 Å². The molecule has 2 aromatic carbocycles. The number of carbonyl (C=O) groups excluding carboxylic acids is 3. The lowest BCUT2D eigenvalue weighted by molar-refractivity contribution is -0.130. The zero-order valence-electron chi connectivity index (χ0n) is 19.5. The van der Waals surface area contributed by atoms with Gasteiger partial charge in [0.25, 0.3) is 17.7 Å². The zero-order chi connectivity index (χ0) is 24.5. The van der Waals surface area contributed by atoms with E-state index < -0.39 is 17.9 Å². The molecule has 0 saturated heterocycles. The second-order valence-electron chi connectivity index (χ2n) is 8.22. The van der Waals surface area contributed by atoms with Gasteiger partial charge in [-0.1, -0.05) is 62.4 Å². The van der Waals surface area contributed by atoms with Crippen molar-refractivity contribution < 1.29 is 19.1 Å². The van der Waals surface area contributed by atoms with E-state index in [1.54, 1.807) is 17.5 Å². The number of hydrogen-bond acceptors (Lipinski definition) is 5. The van der Waals surface area contributed by atoms with E-state index in [1.807, 2.05) is 55.5 Å². The van der Waals surface area contributed by atoms with Crippen LogP contribution in [-0.4, -0.2) is 30.4 Å². The maximum absolute atomic E-state index is 12.8. The third-order valence-electron chi connectivity index (χ3n) is 5.12. The van der Waals surface area contributed by atoms with E-state index in [1.165, 1.54) is 11.3 Å². The van der Waals surface area contributed by atoms with Gasteiger partial charge in [-0.15, -0.1) is 11.3 Å². The second kappa shape index (κ2) is 12.0. The Morgan fingerprint density at radius 1 is 0.971 bits per heavy atom. The van der Waals surface area contributed by atoms with Gasteiger partial charge in [0, 0.05) is 6.42 Å². The van der Waals surface area contributed by atoms with Gasteiger partial charge in [-0.3, -0.25) is 25.2 Å². The molecule has 0 radical (unpaired) electrons. The van der Waals surface area contributed by atoms with E-state index in [2.05, 4.69) is 30.0 Å². The van der Waals surface area contributed by atoms with Crippen LogP contribution in [-0.2, 0) is 16.0 Å². The quantitative estimate of drug-likeness (QED) is 0.407. The Bertz CT molecular complexity index is 1110. The van der Waals surface area contributed by atoms with Crippen LogP contribution in [0.3, 0.4) is 0 Å². The van der Waals surface area contributed by atoms with Gasteiger partial charge >= 0.3 is 0 Å². The molecule has 1 atom stereocenters. The fraction of sp³-hybridized carbons (Fsp3) is 0.269. The molecule has 178 valence electrons. The van der Waals surface area contributed by atoms with Crippen LogP contribution in [0.15, 0.2) is 66.0 Å². The van der Waals surface area contributed by atoms with E-state index >= 15 is 0 Å². The van der Waals surface area contributed by atoms with Crippen molar-refractivity contribution >= 4 is 29.1 Å². The monoisotopic (exact) mass is 479 g/mol. The summed E-state index contributed by atoms with van der Waals surface area (Å²) in [4.78, 5) is 38.2. The molecular weight excluding hydrogens is 450 g/mol. The van der Waals surface area contributed by atoms with Gasteiger partial charge in [0.2, 0.25) is 0 Å². The number of thiophene rings is 1. The fourth-order valence-corrected chi connectivity index (χ4v) is 3.96. The predicted octanol–water partition coefficient (Wildman–Crippen LogP) is 3.75. The minimum Gasteiger partial charge on any atom is -0.483 e. The topological polar surface area (TPSA) is 96.5 Å². The number of benzene rings is 2. The average Bonchev–Trinajstić information content (AvgIpc) is 3.36. The highest BCUT2D eigenvalue weighted by atomic mass is 32.1. The molecule has 1 heterocycles. The summed E-state index contributed by atoms with van der Waals surface area (Å²) in [6.45, 7) is 5.80. The van der Waals surface area contributed by atoms with Crippen LogP contribution in [0.4, 0.5) is 0 Å². The summed E-state index contributed by atoms with van der Waals surface area (Å²) in [5.41, 5.74) is 7.69. The first kappa shape index (κ1) is 25.0. The molecule has 0 spiro atoms. The summed E-state index contributed by atoms with van der Waals surface area (Å²) < 4.78 is 5.71. The van der Waals surface area contributed by atoms with Gasteiger partial charge in [0.15, 0.2) is 6.61 Å². The van der Waals surface area contributed by atoms with E-state index in [-0.39, 0.29) is 24.9 Å². The first-order chi connectivity index (χ1) is 16.3. The van der Waals surface area contributed by atoms with Gasteiger partial charge in [0.1, 0.15) is 11.8 Å². The van der Waals surface area contributed by atoms with Crippen LogP contribution in [0.5, 0.6) is 5.75 Å². The molecule has 0 bridgehead atoms. The maximum atomic E-state index is 12.8. The Labute approximate surface area is 203 Å². The second-order valence-corrected chi connectivity index (χ2v) is 9.16. The lowest BCUT2D eigenvalue weighted by atomic mass is 10.0. The highest BCUT2D eigenvalue weighted by Gasteiger charge is 2.23. The lowest BCUT2D eigenvalue weighted by Crippen LogP contribution is -2.53. The van der Waals surface area contributed by atoms with Crippen LogP contribution in [0.1, 0.15) is 46.1 Å². The molecule has 3 aromatic rings. The van der Waals surface area contributed by atoms with Gasteiger partial charge in [-0.25, -0.2) is 0 Å². The Morgan fingerprint density at radius 2 is 1.74 bits per heavy atom. The number of ether oxygens (including phenoxy) is 1. The molecule has 8 heteroatoms. The van der Waals surface area contributed by atoms with E-state index in [9.17, 15) is 14.4 Å². The van der Waals surface area contributed by atoms with Crippen molar-refractivity contribution in [3.8, 4) is 5.75 Å². The maximum Gasteiger partial charge on any atom is 0.276 e. The van der Waals surface area contributed by atoms with Crippen LogP contribution in [0.25, 0.3) is 0 Å². The molecule has 0 aliphatic rings. The summed E-state index contributed by atoms with van der Waals surface area (Å²) in [5.74, 6) is -0.500. The fourth-order valence-electron chi connectivity index (χ4n) is 3.34. The average molecular weight is 480 g/mol. The molecule has 0 aliphatic heterocycles. The van der Waals surface area contributed by atoms with E-state index in [4.69, 9.17) is 4.74 Å². The highest BCUT2D eigenvalue weighted by Crippen LogP contribution is 2.27. The number of nitrogens with one attached hydrogen (secondary N) is 3. The molecular formula is C26H29N3O4S. The van der Waals surface area contributed by atoms with Gasteiger partial charge in [-0.05, 0) is 47.0 Å². The summed E-state index contributed by atoms with van der Waals surface area (Å²) >= 11 is 1.29. The van der Waals surface area contributed by atoms with Crippen molar-refractivity contribution in [3.05, 3.63) is 87.6 Å². The van der Waals surface area contributed by atoms with Gasteiger partial charge < -0.3 is 10.1 Å². The summed E-state index contributed by atoms with van der Waals surface area (Å²) in [5, 5.41) is 4.54. The molecule has 3 rings (SSSR count). The minimum atomic E-state index is -0.873. The highest BCUT2D eigenvalue weighted by molar-refractivity contribution is 7.12. The van der Waals surface area contributed by atoms with Crippen LogP contribution in [0.2, 0.25) is 0 Å². The van der Waals surface area contributed by atoms with Crippen molar-refractivity contribution in [2.24, 2.45) is 0 Å².